The average Bonchev–Trinajstić information content (AvgIpc) is 2.26. The van der Waals surface area contributed by atoms with Crippen LogP contribution in [0.15, 0.2) is 4.99 Å². The van der Waals surface area contributed by atoms with Crippen LogP contribution in [-0.2, 0) is 4.74 Å². The van der Waals surface area contributed by atoms with Gasteiger partial charge in [0.1, 0.15) is 5.60 Å². The van der Waals surface area contributed by atoms with Crippen molar-refractivity contribution in [1.82, 2.24) is 16.0 Å². The third-order valence-electron chi connectivity index (χ3n) is 1.96. The van der Waals surface area contributed by atoms with Crippen molar-refractivity contribution in [2.75, 3.05) is 26.2 Å². The average molecular weight is 400 g/mol. The lowest BCUT2D eigenvalue weighted by Gasteiger charge is -2.19. The van der Waals surface area contributed by atoms with Gasteiger partial charge in [-0.05, 0) is 41.0 Å². The maximum atomic E-state index is 11.4. The number of guanidine groups is 1. The van der Waals surface area contributed by atoms with Crippen LogP contribution in [0.2, 0.25) is 0 Å². The maximum absolute atomic E-state index is 11.4. The number of aliphatic imine (C=N–C) groups is 1. The fourth-order valence-corrected chi connectivity index (χ4v) is 1.28. The number of halogens is 1. The number of nitrogens with zero attached hydrogens (tertiary/aromatic N) is 1. The van der Waals surface area contributed by atoms with Crippen molar-refractivity contribution in [1.29, 1.82) is 0 Å². The van der Waals surface area contributed by atoms with Crippen LogP contribution in [0.5, 0.6) is 0 Å². The second kappa shape index (κ2) is 12.0. The molecule has 0 unspecified atom stereocenters. The molecule has 0 fully saturated rings. The van der Waals surface area contributed by atoms with Gasteiger partial charge in [-0.25, -0.2) is 4.79 Å². The molecule has 0 aromatic heterocycles. The molecule has 0 aromatic carbocycles. The van der Waals surface area contributed by atoms with Gasteiger partial charge in [-0.3, -0.25) is 4.99 Å². The summed E-state index contributed by atoms with van der Waals surface area (Å²) in [6, 6.07) is 0. The van der Waals surface area contributed by atoms with Crippen LogP contribution in [0, 0.1) is 0 Å². The molecule has 0 saturated carbocycles. The lowest BCUT2D eigenvalue weighted by Crippen LogP contribution is -2.37. The summed E-state index contributed by atoms with van der Waals surface area (Å²) >= 11 is 0. The van der Waals surface area contributed by atoms with Crippen molar-refractivity contribution < 1.29 is 9.53 Å². The first-order valence-electron chi connectivity index (χ1n) is 6.88. The third kappa shape index (κ3) is 13.7. The second-order valence-corrected chi connectivity index (χ2v) is 5.07. The maximum Gasteiger partial charge on any atom is 0.407 e. The van der Waals surface area contributed by atoms with E-state index in [0.29, 0.717) is 13.1 Å². The van der Waals surface area contributed by atoms with Crippen LogP contribution in [-0.4, -0.2) is 43.8 Å². The number of ether oxygens (including phenoxy) is 1. The van der Waals surface area contributed by atoms with Crippen molar-refractivity contribution in [3.63, 3.8) is 0 Å². The zero-order valence-electron chi connectivity index (χ0n) is 13.2. The molecule has 0 aliphatic heterocycles. The van der Waals surface area contributed by atoms with Crippen LogP contribution in [0.25, 0.3) is 0 Å². The molecule has 120 valence electrons. The third-order valence-corrected chi connectivity index (χ3v) is 1.96. The Morgan fingerprint density at radius 1 is 1.10 bits per heavy atom. The van der Waals surface area contributed by atoms with E-state index in [1.807, 2.05) is 34.6 Å². The van der Waals surface area contributed by atoms with Crippen LogP contribution < -0.4 is 16.0 Å². The minimum atomic E-state index is -0.453. The number of carbonyl (C=O) groups excluding carboxylic acids is 1. The van der Waals surface area contributed by atoms with Gasteiger partial charge in [0, 0.05) is 26.2 Å². The Balaban J connectivity index is 0. The van der Waals surface area contributed by atoms with Gasteiger partial charge in [0.2, 0.25) is 0 Å². The number of amides is 1. The largest absolute Gasteiger partial charge is 0.444 e. The number of rotatable bonds is 6. The molecule has 3 N–H and O–H groups in total. The first-order valence-corrected chi connectivity index (χ1v) is 6.88. The van der Waals surface area contributed by atoms with Crippen LogP contribution >= 0.6 is 24.0 Å². The molecule has 0 saturated heterocycles. The van der Waals surface area contributed by atoms with Crippen LogP contribution in [0.1, 0.15) is 41.0 Å². The van der Waals surface area contributed by atoms with Crippen molar-refractivity contribution >= 4 is 36.0 Å². The van der Waals surface area contributed by atoms with E-state index < -0.39 is 5.60 Å². The van der Waals surface area contributed by atoms with Gasteiger partial charge < -0.3 is 20.7 Å². The molecule has 0 atom stereocenters. The van der Waals surface area contributed by atoms with Gasteiger partial charge in [-0.2, -0.15) is 0 Å². The molecule has 7 heteroatoms. The smallest absolute Gasteiger partial charge is 0.407 e. The first kappa shape index (κ1) is 21.6. The summed E-state index contributed by atoms with van der Waals surface area (Å²) in [5, 5.41) is 8.99. The standard InChI is InChI=1S/C13H28N4O2.HI/c1-6-14-11(15-7-2)16-9-8-10-17-12(18)19-13(3,4)5;/h6-10H2,1-5H3,(H,17,18)(H2,14,15,16);1H. The summed E-state index contributed by atoms with van der Waals surface area (Å²) < 4.78 is 5.13. The van der Waals surface area contributed by atoms with E-state index in [9.17, 15) is 4.79 Å². The highest BCUT2D eigenvalue weighted by Gasteiger charge is 2.15. The molecule has 0 spiro atoms. The zero-order valence-corrected chi connectivity index (χ0v) is 15.5. The Morgan fingerprint density at radius 2 is 1.65 bits per heavy atom. The zero-order chi connectivity index (χ0) is 14.7. The van der Waals surface area contributed by atoms with E-state index in [1.54, 1.807) is 0 Å². The monoisotopic (exact) mass is 400 g/mol. The highest BCUT2D eigenvalue weighted by atomic mass is 127. The van der Waals surface area contributed by atoms with Crippen LogP contribution in [0.3, 0.4) is 0 Å². The fourth-order valence-electron chi connectivity index (χ4n) is 1.28. The Morgan fingerprint density at radius 3 is 2.10 bits per heavy atom. The molecular formula is C13H29IN4O2. The molecule has 0 aromatic rings. The van der Waals surface area contributed by atoms with Crippen molar-refractivity contribution in [3.8, 4) is 0 Å². The lowest BCUT2D eigenvalue weighted by atomic mass is 10.2. The summed E-state index contributed by atoms with van der Waals surface area (Å²) in [5.74, 6) is 0.808. The highest BCUT2D eigenvalue weighted by Crippen LogP contribution is 2.06. The van der Waals surface area contributed by atoms with E-state index in [4.69, 9.17) is 4.74 Å². The Hall–Kier alpha value is -0.730. The molecule has 0 heterocycles. The number of alkyl carbamates (subject to hydrolysis) is 1. The van der Waals surface area contributed by atoms with E-state index in [-0.39, 0.29) is 30.1 Å². The van der Waals surface area contributed by atoms with E-state index in [2.05, 4.69) is 20.9 Å². The van der Waals surface area contributed by atoms with E-state index in [1.165, 1.54) is 0 Å². The Kier molecular flexibility index (Phi) is 13.0. The topological polar surface area (TPSA) is 74.8 Å². The van der Waals surface area contributed by atoms with Gasteiger partial charge >= 0.3 is 6.09 Å². The molecule has 0 aliphatic carbocycles. The fraction of sp³-hybridized carbons (Fsp3) is 0.846. The Labute approximate surface area is 139 Å². The number of nitrogens with one attached hydrogen (secondary N) is 3. The second-order valence-electron chi connectivity index (χ2n) is 5.07. The van der Waals surface area contributed by atoms with Crippen molar-refractivity contribution in [2.45, 2.75) is 46.6 Å². The SMILES string of the molecule is CCNC(=NCCCNC(=O)OC(C)(C)C)NCC.I. The van der Waals surface area contributed by atoms with Gasteiger partial charge in [0.05, 0.1) is 0 Å². The minimum Gasteiger partial charge on any atom is -0.444 e. The molecular weight excluding hydrogens is 371 g/mol. The van der Waals surface area contributed by atoms with E-state index >= 15 is 0 Å². The normalized spacial score (nSPS) is 10.1. The highest BCUT2D eigenvalue weighted by molar-refractivity contribution is 14.0. The summed E-state index contributed by atoms with van der Waals surface area (Å²) in [4.78, 5) is 15.7. The molecule has 0 aliphatic rings. The molecule has 1 amide bonds. The number of hydrogen-bond donors (Lipinski definition) is 3. The summed E-state index contributed by atoms with van der Waals surface area (Å²) in [5.41, 5.74) is -0.453. The van der Waals surface area contributed by atoms with Gasteiger partial charge in [0.25, 0.3) is 0 Å². The molecule has 0 bridgehead atoms. The molecule has 20 heavy (non-hydrogen) atoms. The quantitative estimate of drug-likeness (QED) is 0.276. The number of hydrogen-bond acceptors (Lipinski definition) is 3. The van der Waals surface area contributed by atoms with Gasteiger partial charge in [0.15, 0.2) is 5.96 Å². The van der Waals surface area contributed by atoms with E-state index in [0.717, 1.165) is 25.5 Å². The summed E-state index contributed by atoms with van der Waals surface area (Å²) in [6.07, 6.45) is 0.398. The minimum absolute atomic E-state index is 0. The molecule has 6 nitrogen and oxygen atoms in total. The first-order chi connectivity index (χ1) is 8.89. The van der Waals surface area contributed by atoms with Gasteiger partial charge in [-0.15, -0.1) is 24.0 Å². The predicted octanol–water partition coefficient (Wildman–Crippen LogP) is 2.09. The predicted molar refractivity (Wildman–Crippen MR) is 93.9 cm³/mol. The van der Waals surface area contributed by atoms with Crippen molar-refractivity contribution in [3.05, 3.63) is 0 Å². The molecule has 0 rings (SSSR count). The van der Waals surface area contributed by atoms with Crippen molar-refractivity contribution in [2.24, 2.45) is 4.99 Å². The summed E-state index contributed by atoms with van der Waals surface area (Å²) in [6.45, 7) is 12.5. The van der Waals surface area contributed by atoms with Crippen LogP contribution in [0.4, 0.5) is 4.79 Å². The lowest BCUT2D eigenvalue weighted by molar-refractivity contribution is 0.0527. The number of carbonyl (C=O) groups is 1. The molecule has 0 radical (unpaired) electrons. The Bertz CT molecular complexity index is 283. The summed E-state index contributed by atoms with van der Waals surface area (Å²) in [7, 11) is 0. The van der Waals surface area contributed by atoms with Gasteiger partial charge in [-0.1, -0.05) is 0 Å².